The Morgan fingerprint density at radius 2 is 2.09 bits per heavy atom. The Morgan fingerprint density at radius 3 is 2.78 bits per heavy atom. The van der Waals surface area contributed by atoms with Crippen molar-refractivity contribution in [3.05, 3.63) is 30.1 Å². The summed E-state index contributed by atoms with van der Waals surface area (Å²) in [4.78, 5) is 16.2. The minimum atomic E-state index is -0.133. The fourth-order valence-electron chi connectivity index (χ4n) is 2.79. The van der Waals surface area contributed by atoms with Gasteiger partial charge < -0.3 is 9.80 Å². The van der Waals surface area contributed by atoms with E-state index >= 15 is 0 Å². The van der Waals surface area contributed by atoms with Crippen molar-refractivity contribution in [3.63, 3.8) is 0 Å². The van der Waals surface area contributed by atoms with Gasteiger partial charge in [-0.3, -0.25) is 10.4 Å². The molecule has 8 heteroatoms. The molecule has 3 heterocycles. The predicted octanol–water partition coefficient (Wildman–Crippen LogP) is 1.43. The number of urea groups is 1. The van der Waals surface area contributed by atoms with Crippen LogP contribution in [0.5, 0.6) is 0 Å². The average Bonchev–Trinajstić information content (AvgIpc) is 3.33. The van der Waals surface area contributed by atoms with Crippen LogP contribution in [0.15, 0.2) is 24.4 Å². The molecule has 0 aromatic carbocycles. The zero-order valence-corrected chi connectivity index (χ0v) is 12.8. The molecule has 2 N–H and O–H groups in total. The first-order valence-corrected chi connectivity index (χ1v) is 7.93. The molecule has 120 valence electrons. The van der Waals surface area contributed by atoms with Crippen LogP contribution in [0.1, 0.15) is 24.5 Å². The molecule has 0 bridgehead atoms. The summed E-state index contributed by atoms with van der Waals surface area (Å²) in [5.41, 5.74) is 1.24. The van der Waals surface area contributed by atoms with Gasteiger partial charge in [-0.1, -0.05) is 0 Å². The highest BCUT2D eigenvalue weighted by molar-refractivity contribution is 5.88. The maximum atomic E-state index is 12.2. The van der Waals surface area contributed by atoms with Crippen LogP contribution in [0.4, 0.5) is 16.4 Å². The Bertz CT molecular complexity index is 674. The van der Waals surface area contributed by atoms with Gasteiger partial charge in [0.2, 0.25) is 0 Å². The zero-order chi connectivity index (χ0) is 15.6. The van der Waals surface area contributed by atoms with Gasteiger partial charge >= 0.3 is 6.03 Å². The summed E-state index contributed by atoms with van der Waals surface area (Å²) in [7, 11) is 0. The summed E-state index contributed by atoms with van der Waals surface area (Å²) in [6.45, 7) is 2.89. The molecule has 0 spiro atoms. The Kier molecular flexibility index (Phi) is 3.57. The summed E-state index contributed by atoms with van der Waals surface area (Å²) < 4.78 is 0. The van der Waals surface area contributed by atoms with E-state index in [4.69, 9.17) is 0 Å². The number of piperazine rings is 1. The third-order valence-corrected chi connectivity index (χ3v) is 4.30. The van der Waals surface area contributed by atoms with Crippen molar-refractivity contribution in [2.45, 2.75) is 18.8 Å². The highest BCUT2D eigenvalue weighted by atomic mass is 16.2. The number of nitrogens with zero attached hydrogens (tertiary/aromatic N) is 5. The molecular weight excluding hydrogens is 294 g/mol. The molecule has 8 nitrogen and oxygen atoms in total. The molecule has 0 atom stereocenters. The second-order valence-electron chi connectivity index (χ2n) is 5.97. The SMILES string of the molecule is O=C(Nc1cccnn1)N1CCN(c2cc(C3CC3)[nH]n2)CC1. The van der Waals surface area contributed by atoms with Gasteiger partial charge in [0.15, 0.2) is 11.6 Å². The van der Waals surface area contributed by atoms with Gasteiger partial charge in [0.1, 0.15) is 0 Å². The van der Waals surface area contributed by atoms with E-state index in [1.165, 1.54) is 18.5 Å². The highest BCUT2D eigenvalue weighted by Gasteiger charge is 2.27. The number of hydrogen-bond donors (Lipinski definition) is 2. The maximum Gasteiger partial charge on any atom is 0.323 e. The van der Waals surface area contributed by atoms with Gasteiger partial charge in [0, 0.05) is 50.1 Å². The van der Waals surface area contributed by atoms with E-state index in [1.807, 2.05) is 0 Å². The minimum absolute atomic E-state index is 0.133. The second kappa shape index (κ2) is 5.86. The number of aromatic nitrogens is 4. The molecule has 1 saturated heterocycles. The first-order valence-electron chi connectivity index (χ1n) is 7.93. The third kappa shape index (κ3) is 3.10. The summed E-state index contributed by atoms with van der Waals surface area (Å²) >= 11 is 0. The van der Waals surface area contributed by atoms with E-state index in [-0.39, 0.29) is 6.03 Å². The van der Waals surface area contributed by atoms with Crippen molar-refractivity contribution in [3.8, 4) is 0 Å². The molecule has 0 unspecified atom stereocenters. The van der Waals surface area contributed by atoms with Crippen LogP contribution in [0.25, 0.3) is 0 Å². The summed E-state index contributed by atoms with van der Waals surface area (Å²) in [5, 5.41) is 17.9. The smallest absolute Gasteiger partial charge is 0.323 e. The Morgan fingerprint density at radius 1 is 1.26 bits per heavy atom. The lowest BCUT2D eigenvalue weighted by molar-refractivity contribution is 0.208. The first kappa shape index (κ1) is 14.0. The van der Waals surface area contributed by atoms with Crippen LogP contribution in [-0.2, 0) is 0 Å². The quantitative estimate of drug-likeness (QED) is 0.894. The zero-order valence-electron chi connectivity index (χ0n) is 12.8. The number of carbonyl (C=O) groups excluding carboxylic acids is 1. The summed E-state index contributed by atoms with van der Waals surface area (Å²) in [6, 6.07) is 5.48. The van der Waals surface area contributed by atoms with Crippen molar-refractivity contribution in [1.82, 2.24) is 25.3 Å². The Hall–Kier alpha value is -2.64. The number of carbonyl (C=O) groups is 1. The fourth-order valence-corrected chi connectivity index (χ4v) is 2.79. The number of hydrogen-bond acceptors (Lipinski definition) is 5. The molecule has 1 saturated carbocycles. The van der Waals surface area contributed by atoms with Crippen LogP contribution >= 0.6 is 0 Å². The molecule has 2 amide bonds. The van der Waals surface area contributed by atoms with Gasteiger partial charge in [0.05, 0.1) is 0 Å². The fraction of sp³-hybridized carbons (Fsp3) is 0.467. The van der Waals surface area contributed by atoms with Crippen LogP contribution in [0.2, 0.25) is 0 Å². The van der Waals surface area contributed by atoms with Crippen molar-refractivity contribution < 1.29 is 4.79 Å². The first-order chi connectivity index (χ1) is 11.3. The van der Waals surface area contributed by atoms with Gasteiger partial charge in [-0.05, 0) is 25.0 Å². The number of H-pyrrole nitrogens is 1. The van der Waals surface area contributed by atoms with E-state index in [0.717, 1.165) is 18.9 Å². The van der Waals surface area contributed by atoms with Crippen molar-refractivity contribution in [1.29, 1.82) is 0 Å². The van der Waals surface area contributed by atoms with Crippen LogP contribution in [0.3, 0.4) is 0 Å². The van der Waals surface area contributed by atoms with E-state index in [2.05, 4.69) is 36.7 Å². The Labute approximate surface area is 133 Å². The normalized spacial score (nSPS) is 18.1. The largest absolute Gasteiger partial charge is 0.352 e. The van der Waals surface area contributed by atoms with Crippen LogP contribution in [0, 0.1) is 0 Å². The van der Waals surface area contributed by atoms with E-state index in [9.17, 15) is 4.79 Å². The highest BCUT2D eigenvalue weighted by Crippen LogP contribution is 2.39. The molecule has 1 aliphatic carbocycles. The van der Waals surface area contributed by atoms with E-state index in [1.54, 1.807) is 23.2 Å². The average molecular weight is 313 g/mol. The van der Waals surface area contributed by atoms with E-state index < -0.39 is 0 Å². The lowest BCUT2D eigenvalue weighted by Gasteiger charge is -2.34. The standard InChI is InChI=1S/C15H19N7O/c23-15(17-13-2-1-5-16-19-13)22-8-6-21(7-9-22)14-10-12(18-20-14)11-3-4-11/h1-2,5,10-11H,3-4,6-9H2,(H,18,20)(H,17,19,23). The van der Waals surface area contributed by atoms with Gasteiger partial charge in [-0.15, -0.1) is 5.10 Å². The minimum Gasteiger partial charge on any atom is -0.352 e. The maximum absolute atomic E-state index is 12.2. The number of anilines is 2. The summed E-state index contributed by atoms with van der Waals surface area (Å²) in [6.07, 6.45) is 4.10. The molecule has 2 aliphatic rings. The predicted molar refractivity (Wildman–Crippen MR) is 85.4 cm³/mol. The monoisotopic (exact) mass is 313 g/mol. The second-order valence-corrected chi connectivity index (χ2v) is 5.97. The molecule has 2 fully saturated rings. The molecule has 2 aromatic rings. The molecular formula is C15H19N7O. The molecule has 23 heavy (non-hydrogen) atoms. The van der Waals surface area contributed by atoms with Gasteiger partial charge in [0.25, 0.3) is 0 Å². The lowest BCUT2D eigenvalue weighted by atomic mass is 10.2. The number of aromatic amines is 1. The molecule has 1 aliphatic heterocycles. The lowest BCUT2D eigenvalue weighted by Crippen LogP contribution is -2.50. The van der Waals surface area contributed by atoms with Gasteiger partial charge in [-0.25, -0.2) is 4.79 Å². The van der Waals surface area contributed by atoms with Crippen molar-refractivity contribution in [2.75, 3.05) is 36.4 Å². The van der Waals surface area contributed by atoms with Crippen molar-refractivity contribution in [2.24, 2.45) is 0 Å². The topological polar surface area (TPSA) is 90.0 Å². The molecule has 0 radical (unpaired) electrons. The van der Waals surface area contributed by atoms with Crippen molar-refractivity contribution >= 4 is 17.7 Å². The molecule has 4 rings (SSSR count). The number of nitrogens with one attached hydrogen (secondary N) is 2. The summed E-state index contributed by atoms with van der Waals surface area (Å²) in [5.74, 6) is 2.14. The van der Waals surface area contributed by atoms with Crippen LogP contribution < -0.4 is 10.2 Å². The van der Waals surface area contributed by atoms with Gasteiger partial charge in [-0.2, -0.15) is 10.2 Å². The molecule has 2 aromatic heterocycles. The third-order valence-electron chi connectivity index (χ3n) is 4.30. The van der Waals surface area contributed by atoms with E-state index in [0.29, 0.717) is 24.8 Å². The number of rotatable bonds is 3. The Balaban J connectivity index is 1.32. The van der Waals surface area contributed by atoms with Crippen LogP contribution in [-0.4, -0.2) is 57.5 Å². The number of amides is 2.